The van der Waals surface area contributed by atoms with Gasteiger partial charge in [0, 0.05) is 5.69 Å². The van der Waals surface area contributed by atoms with Crippen molar-refractivity contribution in [3.8, 4) is 0 Å². The number of rotatable bonds is 5. The third-order valence-electron chi connectivity index (χ3n) is 2.46. The Morgan fingerprint density at radius 2 is 1.91 bits per heavy atom. The number of aliphatic hydroxyl groups is 1. The fraction of sp³-hybridized carbons (Fsp3) is 0.0833. The van der Waals surface area contributed by atoms with Crippen LogP contribution in [0.1, 0.15) is 0 Å². The van der Waals surface area contributed by atoms with E-state index in [0.29, 0.717) is 5.69 Å². The minimum Gasteiger partial charge on any atom is -0.387 e. The number of aliphatic hydroxyl groups excluding tert-OH is 1. The van der Waals surface area contributed by atoms with E-state index in [0.717, 1.165) is 11.3 Å². The molecule has 0 atom stereocenters. The van der Waals surface area contributed by atoms with E-state index in [2.05, 4.69) is 10.0 Å². The van der Waals surface area contributed by atoms with Gasteiger partial charge in [0.05, 0.1) is 10.0 Å². The van der Waals surface area contributed by atoms with Crippen LogP contribution >= 0.6 is 34.5 Å². The number of carbonyl (C=O) groups is 1. The van der Waals surface area contributed by atoms with E-state index in [9.17, 15) is 13.2 Å². The van der Waals surface area contributed by atoms with Gasteiger partial charge in [0.15, 0.2) is 0 Å². The molecular weight excluding hydrogens is 371 g/mol. The molecule has 22 heavy (non-hydrogen) atoms. The van der Waals surface area contributed by atoms with Crippen molar-refractivity contribution >= 4 is 61.8 Å². The smallest absolute Gasteiger partial charge is 0.264 e. The Bertz CT molecular complexity index is 805. The first-order valence-electron chi connectivity index (χ1n) is 5.80. The number of amides is 1. The molecule has 0 saturated carbocycles. The van der Waals surface area contributed by atoms with Crippen LogP contribution in [0.3, 0.4) is 0 Å². The zero-order valence-corrected chi connectivity index (χ0v) is 14.0. The number of carbonyl (C=O) groups excluding carboxylic acids is 1. The Morgan fingerprint density at radius 3 is 2.50 bits per heavy atom. The van der Waals surface area contributed by atoms with Crippen molar-refractivity contribution < 1.29 is 18.3 Å². The minimum atomic E-state index is -3.89. The summed E-state index contributed by atoms with van der Waals surface area (Å²) in [5, 5.41) is 11.1. The maximum absolute atomic E-state index is 12.3. The predicted octanol–water partition coefficient (Wildman–Crippen LogP) is 2.79. The molecule has 0 aliphatic heterocycles. The maximum atomic E-state index is 12.3. The minimum absolute atomic E-state index is 0.0576. The monoisotopic (exact) mass is 380 g/mol. The molecule has 1 heterocycles. The molecule has 6 nitrogen and oxygen atoms in total. The van der Waals surface area contributed by atoms with E-state index in [-0.39, 0.29) is 19.3 Å². The normalized spacial score (nSPS) is 11.2. The molecule has 0 spiro atoms. The van der Waals surface area contributed by atoms with Crippen LogP contribution in [0.5, 0.6) is 0 Å². The van der Waals surface area contributed by atoms with E-state index < -0.39 is 22.5 Å². The molecule has 0 unspecified atom stereocenters. The Hall–Kier alpha value is -1.32. The van der Waals surface area contributed by atoms with Crippen LogP contribution in [-0.2, 0) is 14.8 Å². The van der Waals surface area contributed by atoms with Gasteiger partial charge in [-0.15, -0.1) is 11.3 Å². The molecule has 118 valence electrons. The molecule has 0 fully saturated rings. The average molecular weight is 381 g/mol. The van der Waals surface area contributed by atoms with Crippen LogP contribution in [0.4, 0.5) is 11.4 Å². The topological polar surface area (TPSA) is 95.5 Å². The summed E-state index contributed by atoms with van der Waals surface area (Å²) in [7, 11) is -3.89. The molecular formula is C12H10Cl2N2O4S2. The van der Waals surface area contributed by atoms with Crippen molar-refractivity contribution in [2.75, 3.05) is 16.6 Å². The molecule has 0 aliphatic carbocycles. The summed E-state index contributed by atoms with van der Waals surface area (Å²) in [6.07, 6.45) is 0. The van der Waals surface area contributed by atoms with Gasteiger partial charge in [0.25, 0.3) is 10.0 Å². The first-order valence-corrected chi connectivity index (χ1v) is 8.86. The highest BCUT2D eigenvalue weighted by Gasteiger charge is 2.21. The van der Waals surface area contributed by atoms with Gasteiger partial charge in [0.1, 0.15) is 15.8 Å². The van der Waals surface area contributed by atoms with Crippen LogP contribution in [0.15, 0.2) is 35.2 Å². The Kier molecular flexibility index (Phi) is 5.30. The lowest BCUT2D eigenvalue weighted by Crippen LogP contribution is -2.16. The van der Waals surface area contributed by atoms with Gasteiger partial charge < -0.3 is 10.4 Å². The molecule has 0 radical (unpaired) electrons. The maximum Gasteiger partial charge on any atom is 0.264 e. The van der Waals surface area contributed by atoms with E-state index in [1.54, 1.807) is 12.1 Å². The molecule has 0 saturated heterocycles. The van der Waals surface area contributed by atoms with Crippen LogP contribution in [0, 0.1) is 0 Å². The number of sulfonamides is 1. The first kappa shape index (κ1) is 17.0. The Morgan fingerprint density at radius 1 is 1.23 bits per heavy atom. The second-order valence-corrected chi connectivity index (χ2v) is 8.02. The van der Waals surface area contributed by atoms with Crippen LogP contribution in [0.25, 0.3) is 0 Å². The highest BCUT2D eigenvalue weighted by atomic mass is 35.5. The molecule has 1 aromatic carbocycles. The highest BCUT2D eigenvalue weighted by molar-refractivity contribution is 7.93. The van der Waals surface area contributed by atoms with Gasteiger partial charge in [-0.1, -0.05) is 29.3 Å². The summed E-state index contributed by atoms with van der Waals surface area (Å²) in [6, 6.07) is 7.28. The van der Waals surface area contributed by atoms with Gasteiger partial charge in [-0.05, 0) is 24.3 Å². The summed E-state index contributed by atoms with van der Waals surface area (Å²) >= 11 is 12.5. The molecule has 1 aromatic heterocycles. The van der Waals surface area contributed by atoms with Crippen molar-refractivity contribution in [2.45, 2.75) is 4.90 Å². The highest BCUT2D eigenvalue weighted by Crippen LogP contribution is 2.35. The summed E-state index contributed by atoms with van der Waals surface area (Å²) in [4.78, 5) is 11.0. The molecule has 3 N–H and O–H groups in total. The number of thiophene rings is 1. The quantitative estimate of drug-likeness (QED) is 0.742. The third kappa shape index (κ3) is 4.11. The van der Waals surface area contributed by atoms with Crippen molar-refractivity contribution in [2.24, 2.45) is 0 Å². The number of anilines is 2. The number of hydrogen-bond donors (Lipinski definition) is 3. The molecule has 2 aromatic rings. The molecule has 2 rings (SSSR count). The third-order valence-corrected chi connectivity index (χ3v) is 5.59. The summed E-state index contributed by atoms with van der Waals surface area (Å²) in [6.45, 7) is -0.668. The molecule has 0 bridgehead atoms. The fourth-order valence-corrected chi connectivity index (χ4v) is 4.78. The summed E-state index contributed by atoms with van der Waals surface area (Å²) in [5.74, 6) is -0.604. The second kappa shape index (κ2) is 6.84. The fourth-order valence-electron chi connectivity index (χ4n) is 1.58. The van der Waals surface area contributed by atoms with Gasteiger partial charge in [-0.2, -0.15) is 0 Å². The number of nitrogens with one attached hydrogen (secondary N) is 2. The second-order valence-electron chi connectivity index (χ2n) is 4.08. The van der Waals surface area contributed by atoms with Crippen molar-refractivity contribution in [1.82, 2.24) is 0 Å². The van der Waals surface area contributed by atoms with Crippen LogP contribution < -0.4 is 10.0 Å². The molecule has 0 aliphatic rings. The summed E-state index contributed by atoms with van der Waals surface area (Å²) in [5.41, 5.74) is 0.572. The first-order chi connectivity index (χ1) is 10.3. The van der Waals surface area contributed by atoms with Gasteiger partial charge in [0.2, 0.25) is 5.91 Å². The predicted molar refractivity (Wildman–Crippen MR) is 87.3 cm³/mol. The lowest BCUT2D eigenvalue weighted by atomic mass is 10.3. The van der Waals surface area contributed by atoms with E-state index in [1.165, 1.54) is 18.2 Å². The Labute approximate surface area is 140 Å². The number of benzene rings is 1. The van der Waals surface area contributed by atoms with Crippen LogP contribution in [-0.4, -0.2) is 26.0 Å². The molecule has 1 amide bonds. The van der Waals surface area contributed by atoms with Crippen molar-refractivity contribution in [1.29, 1.82) is 0 Å². The van der Waals surface area contributed by atoms with E-state index >= 15 is 0 Å². The standard InChI is InChI=1S/C12H10Cl2N2O4S2/c13-10-5-9(12(14)21-10)22(19,20)16-8-3-1-2-7(4-8)15-11(18)6-17/h1-5,16-17H,6H2,(H,15,18). The van der Waals surface area contributed by atoms with Crippen molar-refractivity contribution in [3.63, 3.8) is 0 Å². The largest absolute Gasteiger partial charge is 0.387 e. The van der Waals surface area contributed by atoms with Crippen molar-refractivity contribution in [3.05, 3.63) is 39.0 Å². The van der Waals surface area contributed by atoms with E-state index in [1.807, 2.05) is 0 Å². The summed E-state index contributed by atoms with van der Waals surface area (Å²) < 4.78 is 27.2. The average Bonchev–Trinajstić information content (AvgIpc) is 2.78. The number of hydrogen-bond acceptors (Lipinski definition) is 5. The zero-order chi connectivity index (χ0) is 16.3. The van der Waals surface area contributed by atoms with E-state index in [4.69, 9.17) is 28.3 Å². The lowest BCUT2D eigenvalue weighted by Gasteiger charge is -2.09. The number of halogens is 2. The van der Waals surface area contributed by atoms with Gasteiger partial charge >= 0.3 is 0 Å². The lowest BCUT2D eigenvalue weighted by molar-refractivity contribution is -0.118. The van der Waals surface area contributed by atoms with Crippen LogP contribution in [0.2, 0.25) is 8.67 Å². The zero-order valence-electron chi connectivity index (χ0n) is 10.8. The SMILES string of the molecule is O=C(CO)Nc1cccc(NS(=O)(=O)c2cc(Cl)sc2Cl)c1. The molecule has 10 heteroatoms. The van der Waals surface area contributed by atoms with Gasteiger partial charge in [-0.3, -0.25) is 9.52 Å². The van der Waals surface area contributed by atoms with Gasteiger partial charge in [-0.25, -0.2) is 8.42 Å². The Balaban J connectivity index is 2.25.